The molecule has 0 aliphatic carbocycles. The molecule has 0 aromatic heterocycles. The average molecular weight is 486 g/mol. The summed E-state index contributed by atoms with van der Waals surface area (Å²) < 4.78 is 77.7. The number of anilines is 1. The minimum Gasteiger partial charge on any atom is -0.491 e. The van der Waals surface area contributed by atoms with E-state index in [-0.39, 0.29) is 22.9 Å². The summed E-state index contributed by atoms with van der Waals surface area (Å²) in [6, 6.07) is 9.78. The molecular formula is C23H26F3NO5S. The number of esters is 1. The van der Waals surface area contributed by atoms with E-state index in [0.29, 0.717) is 12.8 Å². The third-order valence-corrected chi connectivity index (χ3v) is 6.53. The number of unbranched alkanes of at least 4 members (excludes halogenated alkanes) is 1. The van der Waals surface area contributed by atoms with Crippen molar-refractivity contribution in [2.75, 3.05) is 18.0 Å². The van der Waals surface area contributed by atoms with Crippen LogP contribution in [0.1, 0.15) is 32.3 Å². The SMILES string of the molecule is COC(=O)C=CCCCOc1cc(C(F)(F)F)ccc1N(C(C)C)S(=O)(=O)c1ccccc1. The van der Waals surface area contributed by atoms with Crippen molar-refractivity contribution >= 4 is 21.7 Å². The van der Waals surface area contributed by atoms with E-state index in [1.807, 2.05) is 0 Å². The molecule has 0 saturated heterocycles. The van der Waals surface area contributed by atoms with Gasteiger partial charge in [0, 0.05) is 12.1 Å². The van der Waals surface area contributed by atoms with E-state index in [0.717, 1.165) is 22.5 Å². The van der Waals surface area contributed by atoms with Crippen LogP contribution in [0, 0.1) is 0 Å². The van der Waals surface area contributed by atoms with Gasteiger partial charge in [-0.2, -0.15) is 13.2 Å². The van der Waals surface area contributed by atoms with E-state index in [1.165, 1.54) is 25.3 Å². The summed E-state index contributed by atoms with van der Waals surface area (Å²) in [5.41, 5.74) is -0.945. The molecule has 0 aliphatic heterocycles. The summed E-state index contributed by atoms with van der Waals surface area (Å²) in [6.45, 7) is 3.26. The Morgan fingerprint density at radius 1 is 1.12 bits per heavy atom. The van der Waals surface area contributed by atoms with Crippen LogP contribution in [0.15, 0.2) is 65.6 Å². The van der Waals surface area contributed by atoms with Gasteiger partial charge in [-0.1, -0.05) is 24.3 Å². The molecule has 0 radical (unpaired) electrons. The van der Waals surface area contributed by atoms with Crippen LogP contribution < -0.4 is 9.04 Å². The summed E-state index contributed by atoms with van der Waals surface area (Å²) >= 11 is 0. The lowest BCUT2D eigenvalue weighted by atomic mass is 10.1. The normalized spacial score (nSPS) is 12.2. The molecule has 0 heterocycles. The Balaban J connectivity index is 2.39. The van der Waals surface area contributed by atoms with Gasteiger partial charge in [-0.15, -0.1) is 0 Å². The number of allylic oxidation sites excluding steroid dienone is 1. The fourth-order valence-electron chi connectivity index (χ4n) is 3.01. The standard InChI is InChI=1S/C23H26F3NO5S/c1-17(2)27(33(29,30)19-10-6-4-7-11-19)20-14-13-18(23(24,25)26)16-21(20)32-15-9-5-8-12-22(28)31-3/h4,6-8,10-14,16-17H,5,9,15H2,1-3H3. The van der Waals surface area contributed by atoms with Gasteiger partial charge in [0.15, 0.2) is 0 Å². The Kier molecular flexibility index (Phi) is 8.92. The third kappa shape index (κ3) is 6.98. The van der Waals surface area contributed by atoms with Gasteiger partial charge in [-0.05, 0) is 57.0 Å². The summed E-state index contributed by atoms with van der Waals surface area (Å²) in [6.07, 6.45) is -1.03. The van der Waals surface area contributed by atoms with Gasteiger partial charge in [0.2, 0.25) is 0 Å². The zero-order chi connectivity index (χ0) is 24.6. The number of carbonyl (C=O) groups is 1. The fourth-order valence-corrected chi connectivity index (χ4v) is 4.70. The van der Waals surface area contributed by atoms with Crippen molar-refractivity contribution in [1.82, 2.24) is 0 Å². The molecule has 180 valence electrons. The number of benzene rings is 2. The monoisotopic (exact) mass is 485 g/mol. The first-order chi connectivity index (χ1) is 15.5. The maximum Gasteiger partial charge on any atom is 0.416 e. The lowest BCUT2D eigenvalue weighted by Crippen LogP contribution is -2.37. The number of carbonyl (C=O) groups excluding carboxylic acids is 1. The van der Waals surface area contributed by atoms with E-state index >= 15 is 0 Å². The summed E-state index contributed by atoms with van der Waals surface area (Å²) in [5, 5.41) is 0. The molecule has 0 aliphatic rings. The second-order valence-electron chi connectivity index (χ2n) is 7.30. The van der Waals surface area contributed by atoms with E-state index in [2.05, 4.69) is 4.74 Å². The number of hydrogen-bond donors (Lipinski definition) is 0. The largest absolute Gasteiger partial charge is 0.491 e. The van der Waals surface area contributed by atoms with Crippen LogP contribution in [0.5, 0.6) is 5.75 Å². The Hall–Kier alpha value is -3.01. The maximum absolute atomic E-state index is 13.3. The van der Waals surface area contributed by atoms with Gasteiger partial charge in [0.1, 0.15) is 5.75 Å². The fraction of sp³-hybridized carbons (Fsp3) is 0.348. The van der Waals surface area contributed by atoms with Crippen LogP contribution in [0.25, 0.3) is 0 Å². The highest BCUT2D eigenvalue weighted by atomic mass is 32.2. The number of sulfonamides is 1. The molecule has 0 spiro atoms. The van der Waals surface area contributed by atoms with Crippen molar-refractivity contribution in [3.63, 3.8) is 0 Å². The number of alkyl halides is 3. The second-order valence-corrected chi connectivity index (χ2v) is 9.12. The molecule has 0 amide bonds. The van der Waals surface area contributed by atoms with Crippen molar-refractivity contribution in [2.45, 2.75) is 43.8 Å². The lowest BCUT2D eigenvalue weighted by molar-refractivity contribution is -0.137. The van der Waals surface area contributed by atoms with Crippen LogP contribution in [-0.4, -0.2) is 34.1 Å². The van der Waals surface area contributed by atoms with Gasteiger partial charge in [0.25, 0.3) is 10.0 Å². The Morgan fingerprint density at radius 3 is 2.36 bits per heavy atom. The molecule has 2 aromatic rings. The minimum atomic E-state index is -4.62. The first-order valence-electron chi connectivity index (χ1n) is 10.2. The molecule has 2 rings (SSSR count). The van der Waals surface area contributed by atoms with Crippen molar-refractivity contribution in [3.8, 4) is 5.75 Å². The molecule has 6 nitrogen and oxygen atoms in total. The van der Waals surface area contributed by atoms with Gasteiger partial charge < -0.3 is 9.47 Å². The molecule has 0 unspecified atom stereocenters. The zero-order valence-electron chi connectivity index (χ0n) is 18.5. The van der Waals surface area contributed by atoms with Crippen molar-refractivity contribution in [1.29, 1.82) is 0 Å². The highest BCUT2D eigenvalue weighted by Crippen LogP contribution is 2.39. The zero-order valence-corrected chi connectivity index (χ0v) is 19.3. The van der Waals surface area contributed by atoms with Crippen LogP contribution >= 0.6 is 0 Å². The van der Waals surface area contributed by atoms with Crippen molar-refractivity contribution in [3.05, 3.63) is 66.2 Å². The molecule has 0 fully saturated rings. The van der Waals surface area contributed by atoms with E-state index in [4.69, 9.17) is 4.74 Å². The average Bonchev–Trinajstić information content (AvgIpc) is 2.76. The smallest absolute Gasteiger partial charge is 0.416 e. The van der Waals surface area contributed by atoms with Crippen LogP contribution in [0.3, 0.4) is 0 Å². The van der Waals surface area contributed by atoms with Gasteiger partial charge >= 0.3 is 12.1 Å². The molecule has 33 heavy (non-hydrogen) atoms. The first kappa shape index (κ1) is 26.2. The topological polar surface area (TPSA) is 72.9 Å². The van der Waals surface area contributed by atoms with Gasteiger partial charge in [-0.3, -0.25) is 4.31 Å². The molecule has 0 bridgehead atoms. The number of halogens is 3. The number of nitrogens with zero attached hydrogens (tertiary/aromatic N) is 1. The predicted molar refractivity (Wildman–Crippen MR) is 119 cm³/mol. The van der Waals surface area contributed by atoms with Gasteiger partial charge in [0.05, 0.1) is 29.9 Å². The second kappa shape index (κ2) is 11.2. The van der Waals surface area contributed by atoms with Gasteiger partial charge in [-0.25, -0.2) is 13.2 Å². The quantitative estimate of drug-likeness (QED) is 0.263. The minimum absolute atomic E-state index is 0.00644. The third-order valence-electron chi connectivity index (χ3n) is 4.52. The lowest BCUT2D eigenvalue weighted by Gasteiger charge is -2.30. The first-order valence-corrected chi connectivity index (χ1v) is 11.6. The van der Waals surface area contributed by atoms with Crippen molar-refractivity contribution < 1.29 is 35.9 Å². The van der Waals surface area contributed by atoms with Crippen molar-refractivity contribution in [2.24, 2.45) is 0 Å². The highest BCUT2D eigenvalue weighted by Gasteiger charge is 2.34. The number of ether oxygens (including phenoxy) is 2. The summed E-state index contributed by atoms with van der Waals surface area (Å²) in [5.74, 6) is -0.718. The molecule has 2 aromatic carbocycles. The molecular weight excluding hydrogens is 459 g/mol. The highest BCUT2D eigenvalue weighted by molar-refractivity contribution is 7.92. The van der Waals surface area contributed by atoms with Crippen LogP contribution in [-0.2, 0) is 25.7 Å². The molecule has 0 N–H and O–H groups in total. The number of hydrogen-bond acceptors (Lipinski definition) is 5. The number of methoxy groups -OCH3 is 1. The molecule has 0 saturated carbocycles. The van der Waals surface area contributed by atoms with E-state index in [1.54, 1.807) is 38.1 Å². The van der Waals surface area contributed by atoms with E-state index in [9.17, 15) is 26.4 Å². The van der Waals surface area contributed by atoms with E-state index < -0.39 is 33.8 Å². The summed E-state index contributed by atoms with van der Waals surface area (Å²) in [7, 11) is -2.82. The molecule has 10 heteroatoms. The Morgan fingerprint density at radius 2 is 1.79 bits per heavy atom. The maximum atomic E-state index is 13.3. The Labute approximate surface area is 191 Å². The number of rotatable bonds is 10. The van der Waals surface area contributed by atoms with Crippen LogP contribution in [0.2, 0.25) is 0 Å². The Bertz CT molecular complexity index is 1070. The predicted octanol–water partition coefficient (Wildman–Crippen LogP) is 5.20. The summed E-state index contributed by atoms with van der Waals surface area (Å²) in [4.78, 5) is 11.1. The van der Waals surface area contributed by atoms with Crippen LogP contribution in [0.4, 0.5) is 18.9 Å². The molecule has 0 atom stereocenters.